The van der Waals surface area contributed by atoms with E-state index >= 15 is 0 Å². The monoisotopic (exact) mass is 523 g/mol. The Balaban J connectivity index is 1.51. The van der Waals surface area contributed by atoms with E-state index in [9.17, 15) is 17.6 Å². The third-order valence-corrected chi connectivity index (χ3v) is 6.83. The molecule has 0 aromatic heterocycles. The first-order valence-corrected chi connectivity index (χ1v) is 13.3. The summed E-state index contributed by atoms with van der Waals surface area (Å²) in [6, 6.07) is 9.19. The summed E-state index contributed by atoms with van der Waals surface area (Å²) in [4.78, 5) is 17.3. The second kappa shape index (κ2) is 10.5. The van der Waals surface area contributed by atoms with E-state index in [0.29, 0.717) is 44.2 Å². The van der Waals surface area contributed by atoms with Gasteiger partial charge in [0.1, 0.15) is 11.6 Å². The van der Waals surface area contributed by atoms with Gasteiger partial charge in [-0.15, -0.1) is 0 Å². The fraction of sp³-hybridized carbons (Fsp3) is 0.375. The van der Waals surface area contributed by atoms with Crippen LogP contribution < -0.4 is 9.46 Å². The van der Waals surface area contributed by atoms with Gasteiger partial charge < -0.3 is 14.4 Å². The van der Waals surface area contributed by atoms with Gasteiger partial charge in [-0.1, -0.05) is 23.7 Å². The van der Waals surface area contributed by atoms with Crippen LogP contribution in [0.3, 0.4) is 0 Å². The number of ether oxygens (including phenoxy) is 2. The van der Waals surface area contributed by atoms with Crippen LogP contribution in [0.15, 0.2) is 42.5 Å². The summed E-state index contributed by atoms with van der Waals surface area (Å²) in [6.45, 7) is 2.76. The number of nitrogens with one attached hydrogen (secondary N) is 1. The van der Waals surface area contributed by atoms with E-state index in [2.05, 4.69) is 9.62 Å². The zero-order valence-electron chi connectivity index (χ0n) is 19.4. The van der Waals surface area contributed by atoms with E-state index in [0.717, 1.165) is 11.8 Å². The van der Waals surface area contributed by atoms with Crippen molar-refractivity contribution < 1.29 is 27.1 Å². The number of halogens is 2. The molecule has 2 aromatic carbocycles. The molecule has 2 aliphatic rings. The highest BCUT2D eigenvalue weighted by Gasteiger charge is 2.40. The van der Waals surface area contributed by atoms with Crippen LogP contribution in [0.1, 0.15) is 11.1 Å². The van der Waals surface area contributed by atoms with Crippen LogP contribution in [0.25, 0.3) is 6.08 Å². The van der Waals surface area contributed by atoms with Crippen LogP contribution in [0, 0.1) is 5.82 Å². The molecule has 1 N–H and O–H groups in total. The third-order valence-electron chi connectivity index (χ3n) is 5.94. The van der Waals surface area contributed by atoms with Gasteiger partial charge in [0, 0.05) is 31.3 Å². The summed E-state index contributed by atoms with van der Waals surface area (Å²) in [5.41, 5.74) is 1.70. The van der Waals surface area contributed by atoms with E-state index in [1.807, 2.05) is 4.90 Å². The molecule has 0 spiro atoms. The molecule has 35 heavy (non-hydrogen) atoms. The average molecular weight is 524 g/mol. The van der Waals surface area contributed by atoms with Crippen molar-refractivity contribution in [2.75, 3.05) is 44.4 Å². The number of carbonyl (C=O) groups is 1. The molecule has 188 valence electrons. The quantitative estimate of drug-likeness (QED) is 0.561. The van der Waals surface area contributed by atoms with E-state index < -0.39 is 10.0 Å². The SMILES string of the molecule is COc1cc(/C=C/C(=O)N2C3COCC2CN(Cc2ccc(F)cc2)C3)c(NS(C)(=O)=O)cc1Cl. The van der Waals surface area contributed by atoms with Crippen molar-refractivity contribution in [3.05, 3.63) is 64.4 Å². The molecule has 2 aromatic rings. The Hall–Kier alpha value is -2.66. The normalized spacial score (nSPS) is 20.7. The molecule has 2 fully saturated rings. The lowest BCUT2D eigenvalue weighted by Crippen LogP contribution is -2.65. The topological polar surface area (TPSA) is 88.2 Å². The molecule has 8 nitrogen and oxygen atoms in total. The zero-order chi connectivity index (χ0) is 25.2. The molecule has 2 atom stereocenters. The van der Waals surface area contributed by atoms with Gasteiger partial charge in [-0.3, -0.25) is 14.4 Å². The number of anilines is 1. The number of rotatable bonds is 7. The summed E-state index contributed by atoms with van der Waals surface area (Å²) in [5.74, 6) is -0.101. The minimum atomic E-state index is -3.56. The maximum atomic E-state index is 13.2. The van der Waals surface area contributed by atoms with Gasteiger partial charge in [0.15, 0.2) is 0 Å². The van der Waals surface area contributed by atoms with Gasteiger partial charge in [0.25, 0.3) is 0 Å². The summed E-state index contributed by atoms with van der Waals surface area (Å²) in [5, 5.41) is 0.242. The van der Waals surface area contributed by atoms with Crippen LogP contribution in [0.5, 0.6) is 5.75 Å². The molecule has 0 saturated carbocycles. The van der Waals surface area contributed by atoms with E-state index in [1.165, 1.54) is 31.4 Å². The van der Waals surface area contributed by atoms with Gasteiger partial charge in [0.2, 0.25) is 15.9 Å². The summed E-state index contributed by atoms with van der Waals surface area (Å²) in [6.07, 6.45) is 4.02. The minimum absolute atomic E-state index is 0.131. The lowest BCUT2D eigenvalue weighted by molar-refractivity contribution is -0.150. The Labute approximate surface area is 209 Å². The maximum Gasteiger partial charge on any atom is 0.247 e. The molecule has 2 saturated heterocycles. The number of carbonyl (C=O) groups excluding carboxylic acids is 1. The second-order valence-electron chi connectivity index (χ2n) is 8.69. The molecule has 0 radical (unpaired) electrons. The molecule has 2 unspecified atom stereocenters. The largest absolute Gasteiger partial charge is 0.495 e. The van der Waals surface area contributed by atoms with E-state index in [-0.39, 0.29) is 34.5 Å². The molecule has 2 bridgehead atoms. The van der Waals surface area contributed by atoms with E-state index in [4.69, 9.17) is 21.1 Å². The number of hydrogen-bond acceptors (Lipinski definition) is 6. The van der Waals surface area contributed by atoms with Crippen LogP contribution >= 0.6 is 11.6 Å². The van der Waals surface area contributed by atoms with Crippen molar-refractivity contribution in [2.45, 2.75) is 18.6 Å². The average Bonchev–Trinajstić information content (AvgIpc) is 2.78. The number of morpholine rings is 1. The summed E-state index contributed by atoms with van der Waals surface area (Å²) >= 11 is 6.16. The first-order chi connectivity index (χ1) is 16.6. The number of sulfonamides is 1. The maximum absolute atomic E-state index is 13.2. The Bertz CT molecular complexity index is 1210. The van der Waals surface area contributed by atoms with E-state index in [1.54, 1.807) is 24.3 Å². The van der Waals surface area contributed by atoms with Crippen LogP contribution in [0.4, 0.5) is 10.1 Å². The molecule has 11 heteroatoms. The highest BCUT2D eigenvalue weighted by molar-refractivity contribution is 7.92. The lowest BCUT2D eigenvalue weighted by Gasteiger charge is -2.49. The highest BCUT2D eigenvalue weighted by atomic mass is 35.5. The van der Waals surface area contributed by atoms with Crippen molar-refractivity contribution in [2.24, 2.45) is 0 Å². The lowest BCUT2D eigenvalue weighted by atomic mass is 10.0. The molecule has 2 heterocycles. The molecular weight excluding hydrogens is 497 g/mol. The first-order valence-electron chi connectivity index (χ1n) is 11.0. The van der Waals surface area contributed by atoms with Crippen LogP contribution in [0.2, 0.25) is 5.02 Å². The Morgan fingerprint density at radius 2 is 1.89 bits per heavy atom. The zero-order valence-corrected chi connectivity index (χ0v) is 21.0. The number of fused-ring (bicyclic) bond motifs is 2. The van der Waals surface area contributed by atoms with Gasteiger partial charge in [-0.05, 0) is 35.9 Å². The molecule has 0 aliphatic carbocycles. The Morgan fingerprint density at radius 3 is 2.49 bits per heavy atom. The number of hydrogen-bond donors (Lipinski definition) is 1. The standard InChI is InChI=1S/C24H27ClFN3O5S/c1-33-23-9-17(22(10-21(23)25)27-35(2,31)32)5-8-24(30)29-19-12-28(13-20(29)15-34-14-19)11-16-3-6-18(26)7-4-16/h3-10,19-20,27H,11-15H2,1-2H3/b8-5+. The van der Waals surface area contributed by atoms with Crippen molar-refractivity contribution >= 4 is 39.3 Å². The van der Waals surface area contributed by atoms with Crippen LogP contribution in [-0.2, 0) is 26.1 Å². The van der Waals surface area contributed by atoms with Crippen molar-refractivity contribution in [3.63, 3.8) is 0 Å². The highest BCUT2D eigenvalue weighted by Crippen LogP contribution is 2.32. The number of amides is 1. The van der Waals surface area contributed by atoms with Gasteiger partial charge in [0.05, 0.1) is 49.4 Å². The number of methoxy groups -OCH3 is 1. The van der Waals surface area contributed by atoms with Gasteiger partial charge in [-0.25, -0.2) is 12.8 Å². The fourth-order valence-electron chi connectivity index (χ4n) is 4.49. The summed E-state index contributed by atoms with van der Waals surface area (Å²) in [7, 11) is -2.11. The molecule has 2 aliphatic heterocycles. The number of benzene rings is 2. The fourth-order valence-corrected chi connectivity index (χ4v) is 5.30. The predicted octanol–water partition coefficient (Wildman–Crippen LogP) is 2.98. The number of nitrogens with zero attached hydrogens (tertiary/aromatic N) is 2. The third kappa shape index (κ3) is 6.32. The first kappa shape index (κ1) is 25.4. The minimum Gasteiger partial charge on any atom is -0.495 e. The molecule has 4 rings (SSSR count). The van der Waals surface area contributed by atoms with Crippen LogP contribution in [-0.4, -0.2) is 75.9 Å². The Morgan fingerprint density at radius 1 is 1.23 bits per heavy atom. The van der Waals surface area contributed by atoms with Crippen molar-refractivity contribution in [1.29, 1.82) is 0 Å². The van der Waals surface area contributed by atoms with Gasteiger partial charge >= 0.3 is 0 Å². The number of piperazine rings is 1. The molecular formula is C24H27ClFN3O5S. The van der Waals surface area contributed by atoms with Crippen molar-refractivity contribution in [1.82, 2.24) is 9.80 Å². The smallest absolute Gasteiger partial charge is 0.247 e. The molecule has 1 amide bonds. The van der Waals surface area contributed by atoms with Crippen molar-refractivity contribution in [3.8, 4) is 5.75 Å². The Kier molecular flexibility index (Phi) is 7.65. The summed E-state index contributed by atoms with van der Waals surface area (Å²) < 4.78 is 50.2. The van der Waals surface area contributed by atoms with Gasteiger partial charge in [-0.2, -0.15) is 0 Å². The predicted molar refractivity (Wildman–Crippen MR) is 132 cm³/mol. The second-order valence-corrected chi connectivity index (χ2v) is 10.8.